The molecule has 0 rings (SSSR count). The van der Waals surface area contributed by atoms with Crippen LogP contribution in [0.4, 0.5) is 0 Å². The Labute approximate surface area is 150 Å². The van der Waals surface area contributed by atoms with Crippen molar-refractivity contribution < 1.29 is 31.0 Å². The standard InChI is InChI=1S/C14H36O7Si3/c1-12-14(3,23(10,16-5)17-6)21-22(9,15-4)13(2)20-24(11,18-7)19-8/h13H,12H2,1-11H3. The van der Waals surface area contributed by atoms with Crippen molar-refractivity contribution in [3.63, 3.8) is 0 Å². The van der Waals surface area contributed by atoms with Gasteiger partial charge in [0.15, 0.2) is 0 Å². The molecule has 10 heteroatoms. The van der Waals surface area contributed by atoms with Crippen LogP contribution in [0, 0.1) is 0 Å². The number of hydrogen-bond donors (Lipinski definition) is 0. The Balaban J connectivity index is 5.56. The van der Waals surface area contributed by atoms with Gasteiger partial charge in [0.2, 0.25) is 0 Å². The predicted molar refractivity (Wildman–Crippen MR) is 100 cm³/mol. The van der Waals surface area contributed by atoms with E-state index >= 15 is 0 Å². The average Bonchev–Trinajstić information content (AvgIpc) is 2.60. The predicted octanol–water partition coefficient (Wildman–Crippen LogP) is 2.60. The Morgan fingerprint density at radius 3 is 1.58 bits per heavy atom. The molecule has 0 aliphatic carbocycles. The number of hydrogen-bond acceptors (Lipinski definition) is 7. The fourth-order valence-corrected chi connectivity index (χ4v) is 9.49. The molecule has 0 aromatic carbocycles. The fourth-order valence-electron chi connectivity index (χ4n) is 2.35. The lowest BCUT2D eigenvalue weighted by Crippen LogP contribution is -2.67. The van der Waals surface area contributed by atoms with Crippen molar-refractivity contribution in [3.8, 4) is 0 Å². The van der Waals surface area contributed by atoms with Crippen LogP contribution < -0.4 is 0 Å². The first-order valence-electron chi connectivity index (χ1n) is 8.09. The molecule has 0 heterocycles. The van der Waals surface area contributed by atoms with Crippen LogP contribution in [-0.4, -0.2) is 72.4 Å². The van der Waals surface area contributed by atoms with Gasteiger partial charge in [0.25, 0.3) is 0 Å². The van der Waals surface area contributed by atoms with Crippen molar-refractivity contribution in [3.05, 3.63) is 0 Å². The van der Waals surface area contributed by atoms with Crippen molar-refractivity contribution >= 4 is 25.9 Å². The van der Waals surface area contributed by atoms with E-state index in [1.165, 1.54) is 0 Å². The molecule has 0 amide bonds. The van der Waals surface area contributed by atoms with Crippen LogP contribution in [0.1, 0.15) is 27.2 Å². The molecule has 0 saturated heterocycles. The molecule has 7 nitrogen and oxygen atoms in total. The highest BCUT2D eigenvalue weighted by Crippen LogP contribution is 2.34. The first-order valence-corrected chi connectivity index (χ1v) is 15.0. The highest BCUT2D eigenvalue weighted by atomic mass is 28.4. The van der Waals surface area contributed by atoms with Gasteiger partial charge in [-0.3, -0.25) is 0 Å². The van der Waals surface area contributed by atoms with Crippen molar-refractivity contribution in [2.24, 2.45) is 0 Å². The molecule has 146 valence electrons. The van der Waals surface area contributed by atoms with E-state index in [0.29, 0.717) is 0 Å². The molecule has 0 spiro atoms. The van der Waals surface area contributed by atoms with Gasteiger partial charge in [-0.2, -0.15) is 0 Å². The fraction of sp³-hybridized carbons (Fsp3) is 1.00. The second kappa shape index (κ2) is 9.35. The van der Waals surface area contributed by atoms with Crippen molar-refractivity contribution in [1.82, 2.24) is 0 Å². The van der Waals surface area contributed by atoms with Crippen LogP contribution in [0.25, 0.3) is 0 Å². The summed E-state index contributed by atoms with van der Waals surface area (Å²) in [6.07, 6.45) is 0.735. The van der Waals surface area contributed by atoms with Gasteiger partial charge >= 0.3 is 25.9 Å². The summed E-state index contributed by atoms with van der Waals surface area (Å²) in [5, 5.41) is -0.580. The molecular formula is C14H36O7Si3. The van der Waals surface area contributed by atoms with Gasteiger partial charge in [-0.05, 0) is 33.4 Å². The second-order valence-corrected chi connectivity index (χ2v) is 16.3. The Bertz CT molecular complexity index is 379. The monoisotopic (exact) mass is 400 g/mol. The van der Waals surface area contributed by atoms with E-state index in [1.54, 1.807) is 35.5 Å². The van der Waals surface area contributed by atoms with E-state index in [0.717, 1.165) is 6.42 Å². The maximum absolute atomic E-state index is 6.58. The molecule has 0 N–H and O–H groups in total. The Hall–Kier alpha value is 0.371. The Morgan fingerprint density at radius 2 is 1.29 bits per heavy atom. The molecule has 0 aliphatic rings. The molecule has 0 saturated carbocycles. The van der Waals surface area contributed by atoms with Crippen LogP contribution in [0.2, 0.25) is 19.6 Å². The van der Waals surface area contributed by atoms with Gasteiger partial charge in [0.1, 0.15) is 0 Å². The summed E-state index contributed by atoms with van der Waals surface area (Å²) in [7, 11) is 0.135. The molecule has 0 bridgehead atoms. The molecule has 0 radical (unpaired) electrons. The highest BCUT2D eigenvalue weighted by molar-refractivity contribution is 6.73. The molecule has 0 fully saturated rings. The first kappa shape index (κ1) is 24.4. The average molecular weight is 401 g/mol. The molecule has 3 atom stereocenters. The van der Waals surface area contributed by atoms with E-state index < -0.39 is 31.2 Å². The lowest BCUT2D eigenvalue weighted by molar-refractivity contribution is 0.0188. The van der Waals surface area contributed by atoms with Crippen molar-refractivity contribution in [2.75, 3.05) is 35.5 Å². The zero-order chi connectivity index (χ0) is 19.2. The second-order valence-electron chi connectivity index (χ2n) is 6.29. The van der Waals surface area contributed by atoms with Gasteiger partial charge in [0, 0.05) is 42.1 Å². The van der Waals surface area contributed by atoms with E-state index in [2.05, 4.69) is 6.92 Å². The van der Waals surface area contributed by atoms with E-state index in [1.807, 2.05) is 33.5 Å². The molecular weight excluding hydrogens is 364 g/mol. The first-order chi connectivity index (χ1) is 10.9. The van der Waals surface area contributed by atoms with Gasteiger partial charge in [0.05, 0.1) is 11.0 Å². The molecule has 24 heavy (non-hydrogen) atoms. The minimum atomic E-state index is -2.74. The van der Waals surface area contributed by atoms with Crippen molar-refractivity contribution in [1.29, 1.82) is 0 Å². The summed E-state index contributed by atoms with van der Waals surface area (Å²) in [6, 6.07) is 0. The van der Waals surface area contributed by atoms with Gasteiger partial charge in [-0.1, -0.05) is 6.92 Å². The Kier molecular flexibility index (Phi) is 9.49. The quantitative estimate of drug-likeness (QED) is 0.467. The third-order valence-corrected chi connectivity index (χ3v) is 15.0. The lowest BCUT2D eigenvalue weighted by Gasteiger charge is -2.47. The smallest absolute Gasteiger partial charge is 0.396 e. The summed E-state index contributed by atoms with van der Waals surface area (Å²) in [5.74, 6) is 0. The SMILES string of the molecule is CCC(C)(O[Si](C)(OC)C(C)O[Si](C)(OC)OC)[Si](C)(OC)OC. The summed E-state index contributed by atoms with van der Waals surface area (Å²) in [6.45, 7) is 11.8. The van der Waals surface area contributed by atoms with Crippen LogP contribution in [-0.2, 0) is 31.0 Å². The van der Waals surface area contributed by atoms with Gasteiger partial charge in [-0.15, -0.1) is 0 Å². The van der Waals surface area contributed by atoms with Crippen LogP contribution >= 0.6 is 0 Å². The summed E-state index contributed by atoms with van der Waals surface area (Å²) < 4.78 is 40.8. The molecule has 0 aromatic heterocycles. The topological polar surface area (TPSA) is 64.6 Å². The molecule has 0 aliphatic heterocycles. The van der Waals surface area contributed by atoms with Crippen LogP contribution in [0.15, 0.2) is 0 Å². The van der Waals surface area contributed by atoms with Crippen LogP contribution in [0.5, 0.6) is 0 Å². The summed E-state index contributed by atoms with van der Waals surface area (Å²) >= 11 is 0. The largest absolute Gasteiger partial charge is 0.497 e. The lowest BCUT2D eigenvalue weighted by atomic mass is 10.3. The maximum atomic E-state index is 6.58. The highest BCUT2D eigenvalue weighted by Gasteiger charge is 2.56. The molecule has 0 aromatic rings. The third kappa shape index (κ3) is 5.19. The van der Waals surface area contributed by atoms with Crippen LogP contribution in [0.3, 0.4) is 0 Å². The van der Waals surface area contributed by atoms with Gasteiger partial charge < -0.3 is 31.0 Å². The van der Waals surface area contributed by atoms with E-state index in [-0.39, 0.29) is 5.73 Å². The number of rotatable bonds is 12. The van der Waals surface area contributed by atoms with Crippen molar-refractivity contribution in [2.45, 2.75) is 57.8 Å². The maximum Gasteiger partial charge on any atom is 0.497 e. The van der Waals surface area contributed by atoms with Gasteiger partial charge in [-0.25, -0.2) is 0 Å². The minimum Gasteiger partial charge on any atom is -0.396 e. The normalized spacial score (nSPS) is 19.6. The Morgan fingerprint density at radius 1 is 0.833 bits per heavy atom. The van der Waals surface area contributed by atoms with E-state index in [9.17, 15) is 0 Å². The summed E-state index contributed by atoms with van der Waals surface area (Å²) in [5.41, 5.74) is -0.295. The minimum absolute atomic E-state index is 0.295. The summed E-state index contributed by atoms with van der Waals surface area (Å²) in [4.78, 5) is 0. The zero-order valence-corrected chi connectivity index (χ0v) is 20.1. The molecule has 3 unspecified atom stereocenters. The zero-order valence-electron chi connectivity index (χ0n) is 17.1. The third-order valence-electron chi connectivity index (χ3n) is 5.12. The van der Waals surface area contributed by atoms with E-state index in [4.69, 9.17) is 31.0 Å².